The molecule has 1 atom stereocenters. The average molecular weight is 433 g/mol. The van der Waals surface area contributed by atoms with E-state index < -0.39 is 0 Å². The summed E-state index contributed by atoms with van der Waals surface area (Å²) in [6.07, 6.45) is 1.75. The van der Waals surface area contributed by atoms with E-state index in [1.165, 1.54) is 0 Å². The molecule has 5 nitrogen and oxygen atoms in total. The molecule has 5 rings (SSSR count). The number of oxazole rings is 1. The van der Waals surface area contributed by atoms with E-state index in [1.54, 1.807) is 31.4 Å². The minimum atomic E-state index is -0.167. The highest BCUT2D eigenvalue weighted by Gasteiger charge is 2.34. The van der Waals surface area contributed by atoms with Gasteiger partial charge in [0.15, 0.2) is 5.58 Å². The number of rotatable bonds is 4. The quantitative estimate of drug-likeness (QED) is 0.389. The third-order valence-corrected chi connectivity index (χ3v) is 5.97. The molecule has 1 saturated heterocycles. The Kier molecular flexibility index (Phi) is 5.12. The molecular weight excluding hydrogens is 412 g/mol. The zero-order valence-electron chi connectivity index (χ0n) is 17.0. The smallest absolute Gasteiger partial charge is 0.254 e. The van der Waals surface area contributed by atoms with Gasteiger partial charge in [-0.2, -0.15) is 0 Å². The largest absolute Gasteiger partial charge is 0.497 e. The number of hydrogen-bond donors (Lipinski definition) is 0. The number of likely N-dealkylation sites (tertiary alicyclic amines) is 1. The number of carbonyl (C=O) groups excluding carboxylic acids is 1. The lowest BCUT2D eigenvalue weighted by Crippen LogP contribution is -2.30. The maximum atomic E-state index is 13.1. The predicted octanol–water partition coefficient (Wildman–Crippen LogP) is 6.13. The Morgan fingerprint density at radius 1 is 1.06 bits per heavy atom. The van der Waals surface area contributed by atoms with E-state index >= 15 is 0 Å². The highest BCUT2D eigenvalue weighted by molar-refractivity contribution is 6.30. The molecule has 3 aromatic carbocycles. The van der Waals surface area contributed by atoms with Crippen molar-refractivity contribution in [1.82, 2.24) is 9.88 Å². The zero-order chi connectivity index (χ0) is 21.4. The van der Waals surface area contributed by atoms with Gasteiger partial charge in [-0.25, -0.2) is 4.98 Å². The second kappa shape index (κ2) is 8.08. The second-order valence-corrected chi connectivity index (χ2v) is 8.06. The number of carbonyl (C=O) groups is 1. The Balaban J connectivity index is 1.43. The van der Waals surface area contributed by atoms with Gasteiger partial charge in [0.25, 0.3) is 5.91 Å². The number of halogens is 1. The summed E-state index contributed by atoms with van der Waals surface area (Å²) in [7, 11) is 1.65. The van der Waals surface area contributed by atoms with Gasteiger partial charge in [0.1, 0.15) is 17.3 Å². The summed E-state index contributed by atoms with van der Waals surface area (Å²) < 4.78 is 11.3. The van der Waals surface area contributed by atoms with Crippen LogP contribution in [0.1, 0.15) is 35.1 Å². The van der Waals surface area contributed by atoms with E-state index in [9.17, 15) is 4.79 Å². The van der Waals surface area contributed by atoms with Gasteiger partial charge in [0.05, 0.1) is 7.11 Å². The van der Waals surface area contributed by atoms with E-state index in [0.717, 1.165) is 40.8 Å². The molecule has 31 heavy (non-hydrogen) atoms. The van der Waals surface area contributed by atoms with Gasteiger partial charge in [-0.15, -0.1) is 0 Å². The van der Waals surface area contributed by atoms with Crippen molar-refractivity contribution in [2.24, 2.45) is 0 Å². The normalized spacial score (nSPS) is 16.1. The maximum absolute atomic E-state index is 13.1. The molecule has 0 bridgehead atoms. The van der Waals surface area contributed by atoms with Crippen molar-refractivity contribution in [2.75, 3.05) is 13.7 Å². The van der Waals surface area contributed by atoms with Crippen LogP contribution in [0, 0.1) is 0 Å². The first-order valence-electron chi connectivity index (χ1n) is 10.2. The summed E-state index contributed by atoms with van der Waals surface area (Å²) in [4.78, 5) is 19.6. The summed E-state index contributed by atoms with van der Waals surface area (Å²) >= 11 is 5.96. The molecular formula is C25H21ClN2O3. The molecule has 0 N–H and O–H groups in total. The number of fused-ring (bicyclic) bond motifs is 1. The molecule has 1 aromatic heterocycles. The van der Waals surface area contributed by atoms with Crippen molar-refractivity contribution >= 4 is 28.6 Å². The van der Waals surface area contributed by atoms with Crippen LogP contribution in [0.25, 0.3) is 22.2 Å². The molecule has 1 aliphatic rings. The molecule has 1 amide bonds. The lowest BCUT2D eigenvalue weighted by molar-refractivity contribution is 0.0717. The Morgan fingerprint density at radius 3 is 2.55 bits per heavy atom. The summed E-state index contributed by atoms with van der Waals surface area (Å²) in [5.41, 5.74) is 4.25. The van der Waals surface area contributed by atoms with Crippen LogP contribution >= 0.6 is 11.6 Å². The van der Waals surface area contributed by atoms with Crippen LogP contribution in [-0.2, 0) is 0 Å². The minimum Gasteiger partial charge on any atom is -0.497 e. The fourth-order valence-corrected chi connectivity index (χ4v) is 4.20. The highest BCUT2D eigenvalue weighted by atomic mass is 35.5. The lowest BCUT2D eigenvalue weighted by atomic mass is 10.1. The van der Waals surface area contributed by atoms with Crippen molar-refractivity contribution in [3.63, 3.8) is 0 Å². The molecule has 6 heteroatoms. The summed E-state index contributed by atoms with van der Waals surface area (Å²) in [6, 6.07) is 20.7. The fourth-order valence-electron chi connectivity index (χ4n) is 4.08. The van der Waals surface area contributed by atoms with Gasteiger partial charge in [-0.1, -0.05) is 29.8 Å². The first-order valence-corrected chi connectivity index (χ1v) is 10.6. The number of methoxy groups -OCH3 is 1. The third kappa shape index (κ3) is 3.77. The monoisotopic (exact) mass is 432 g/mol. The van der Waals surface area contributed by atoms with E-state index in [-0.39, 0.29) is 11.9 Å². The zero-order valence-corrected chi connectivity index (χ0v) is 17.8. The maximum Gasteiger partial charge on any atom is 0.254 e. The van der Waals surface area contributed by atoms with E-state index in [1.807, 2.05) is 47.4 Å². The van der Waals surface area contributed by atoms with Gasteiger partial charge < -0.3 is 14.1 Å². The van der Waals surface area contributed by atoms with Crippen LogP contribution in [-0.4, -0.2) is 29.4 Å². The number of amides is 1. The Morgan fingerprint density at radius 2 is 1.81 bits per heavy atom. The van der Waals surface area contributed by atoms with E-state index in [2.05, 4.69) is 0 Å². The van der Waals surface area contributed by atoms with Crippen LogP contribution in [0.15, 0.2) is 71.1 Å². The molecule has 1 aliphatic heterocycles. The standard InChI is InChI=1S/C25H21ClN2O3/c1-30-20-11-6-16(7-12-20)18-8-13-23-21(15-18)27-24(31-23)22-3-2-14-28(22)25(29)17-4-9-19(26)10-5-17/h4-13,15,22H,2-3,14H2,1H3. The summed E-state index contributed by atoms with van der Waals surface area (Å²) in [6.45, 7) is 0.682. The molecule has 1 fully saturated rings. The Hall–Kier alpha value is -3.31. The van der Waals surface area contributed by atoms with E-state index in [0.29, 0.717) is 23.0 Å². The highest BCUT2D eigenvalue weighted by Crippen LogP contribution is 2.35. The van der Waals surface area contributed by atoms with Gasteiger partial charge >= 0.3 is 0 Å². The second-order valence-electron chi connectivity index (χ2n) is 7.63. The molecule has 4 aromatic rings. The molecule has 0 radical (unpaired) electrons. The SMILES string of the molecule is COc1ccc(-c2ccc3oc(C4CCCN4C(=O)c4ccc(Cl)cc4)nc3c2)cc1. The first-order chi connectivity index (χ1) is 15.1. The van der Waals surface area contributed by atoms with Crippen molar-refractivity contribution in [2.45, 2.75) is 18.9 Å². The topological polar surface area (TPSA) is 55.6 Å². The van der Waals surface area contributed by atoms with Crippen LogP contribution < -0.4 is 4.74 Å². The molecule has 0 aliphatic carbocycles. The Bertz CT molecular complexity index is 1230. The van der Waals surface area contributed by atoms with Crippen LogP contribution in [0.2, 0.25) is 5.02 Å². The number of hydrogen-bond acceptors (Lipinski definition) is 4. The number of ether oxygens (including phenoxy) is 1. The lowest BCUT2D eigenvalue weighted by Gasteiger charge is -2.22. The van der Waals surface area contributed by atoms with Crippen molar-refractivity contribution in [3.8, 4) is 16.9 Å². The summed E-state index contributed by atoms with van der Waals surface area (Å²) in [5.74, 6) is 1.38. The van der Waals surface area contributed by atoms with Crippen LogP contribution in [0.5, 0.6) is 5.75 Å². The molecule has 2 heterocycles. The third-order valence-electron chi connectivity index (χ3n) is 5.72. The van der Waals surface area contributed by atoms with Crippen molar-refractivity contribution < 1.29 is 13.9 Å². The average Bonchev–Trinajstić information content (AvgIpc) is 3.45. The van der Waals surface area contributed by atoms with Gasteiger partial charge in [-0.05, 0) is 72.5 Å². The Labute approximate surface area is 185 Å². The molecule has 1 unspecified atom stereocenters. The fraction of sp³-hybridized carbons (Fsp3) is 0.200. The summed E-state index contributed by atoms with van der Waals surface area (Å²) in [5, 5.41) is 0.612. The number of aromatic nitrogens is 1. The van der Waals surface area contributed by atoms with Crippen LogP contribution in [0.3, 0.4) is 0 Å². The van der Waals surface area contributed by atoms with Gasteiger partial charge in [0, 0.05) is 17.1 Å². The number of nitrogens with zero attached hydrogens (tertiary/aromatic N) is 2. The van der Waals surface area contributed by atoms with Crippen molar-refractivity contribution in [3.05, 3.63) is 83.2 Å². The van der Waals surface area contributed by atoms with Gasteiger partial charge in [-0.3, -0.25) is 4.79 Å². The van der Waals surface area contributed by atoms with Gasteiger partial charge in [0.2, 0.25) is 5.89 Å². The number of benzene rings is 3. The molecule has 156 valence electrons. The van der Waals surface area contributed by atoms with Crippen molar-refractivity contribution in [1.29, 1.82) is 0 Å². The molecule has 0 saturated carbocycles. The van der Waals surface area contributed by atoms with Crippen LogP contribution in [0.4, 0.5) is 0 Å². The predicted molar refractivity (Wildman–Crippen MR) is 120 cm³/mol. The molecule has 0 spiro atoms. The first kappa shape index (κ1) is 19.6. The minimum absolute atomic E-state index is 0.0275. The van der Waals surface area contributed by atoms with E-state index in [4.69, 9.17) is 25.7 Å².